The number of aromatic nitrogens is 4. The molecule has 0 saturated carbocycles. The molecular formula is C33H36ClN7O3. The van der Waals surface area contributed by atoms with Gasteiger partial charge in [-0.1, -0.05) is 54.1 Å². The average Bonchev–Trinajstić information content (AvgIpc) is 3.76. The van der Waals surface area contributed by atoms with Crippen LogP contribution < -0.4 is 10.5 Å². The second-order valence-corrected chi connectivity index (χ2v) is 12.2. The van der Waals surface area contributed by atoms with Crippen molar-refractivity contribution in [2.75, 3.05) is 39.8 Å². The Kier molecular flexibility index (Phi) is 8.38. The second-order valence-electron chi connectivity index (χ2n) is 11.8. The molecule has 2 aliphatic rings. The molecule has 1 unspecified atom stereocenters. The molecule has 1 aromatic heterocycles. The van der Waals surface area contributed by atoms with Gasteiger partial charge in [0.1, 0.15) is 12.1 Å². The first-order valence-corrected chi connectivity index (χ1v) is 15.3. The highest BCUT2D eigenvalue weighted by Crippen LogP contribution is 2.41. The number of amides is 2. The minimum Gasteiger partial charge on any atom is -0.496 e. The molecule has 3 heterocycles. The molecule has 3 aromatic carbocycles. The number of methoxy groups -OCH3 is 1. The zero-order valence-electron chi connectivity index (χ0n) is 24.7. The summed E-state index contributed by atoms with van der Waals surface area (Å²) in [6.07, 6.45) is 4.49. The van der Waals surface area contributed by atoms with E-state index in [4.69, 9.17) is 22.1 Å². The van der Waals surface area contributed by atoms with Crippen molar-refractivity contribution in [3.8, 4) is 11.4 Å². The number of likely N-dealkylation sites (tertiary alicyclic amines) is 2. The summed E-state index contributed by atoms with van der Waals surface area (Å²) in [4.78, 5) is 31.0. The van der Waals surface area contributed by atoms with Crippen LogP contribution in [0.3, 0.4) is 0 Å². The van der Waals surface area contributed by atoms with Crippen molar-refractivity contribution in [3.05, 3.63) is 101 Å². The third-order valence-electron chi connectivity index (χ3n) is 9.52. The molecule has 0 radical (unpaired) electrons. The second kappa shape index (κ2) is 12.4. The van der Waals surface area contributed by atoms with Crippen LogP contribution >= 0.6 is 11.6 Å². The van der Waals surface area contributed by atoms with Gasteiger partial charge in [-0.15, -0.1) is 5.10 Å². The van der Waals surface area contributed by atoms with Gasteiger partial charge in [-0.2, -0.15) is 0 Å². The van der Waals surface area contributed by atoms with Crippen LogP contribution in [-0.4, -0.2) is 81.7 Å². The van der Waals surface area contributed by atoms with Crippen LogP contribution in [0, 0.1) is 0 Å². The Balaban J connectivity index is 1.21. The highest BCUT2D eigenvalue weighted by atomic mass is 35.5. The van der Waals surface area contributed by atoms with Gasteiger partial charge in [-0.05, 0) is 97.2 Å². The molecule has 10 nitrogen and oxygen atoms in total. The van der Waals surface area contributed by atoms with Crippen LogP contribution in [0.25, 0.3) is 5.69 Å². The molecule has 2 aliphatic heterocycles. The van der Waals surface area contributed by atoms with Gasteiger partial charge in [-0.25, -0.2) is 4.68 Å². The first-order valence-electron chi connectivity index (χ1n) is 14.9. The van der Waals surface area contributed by atoms with Gasteiger partial charge in [-0.3, -0.25) is 9.59 Å². The van der Waals surface area contributed by atoms with Crippen LogP contribution in [0.4, 0.5) is 0 Å². The van der Waals surface area contributed by atoms with Gasteiger partial charge in [0.2, 0.25) is 5.91 Å². The number of ether oxygens (including phenoxy) is 1. The van der Waals surface area contributed by atoms with Crippen LogP contribution in [0.2, 0.25) is 5.02 Å². The number of carbonyl (C=O) groups excluding carboxylic acids is 2. The SMILES string of the molecule is COc1ccc(-n2cnnn2)cc1C(=O)N1CCC(CCN2CCC(C(N)=O)(c3ccccc3)CC2)(c2cccc(Cl)c2)C1. The number of nitrogens with zero attached hydrogens (tertiary/aromatic N) is 6. The fourth-order valence-corrected chi connectivity index (χ4v) is 7.06. The first-order chi connectivity index (χ1) is 21.3. The monoisotopic (exact) mass is 613 g/mol. The Morgan fingerprint density at radius 3 is 2.41 bits per heavy atom. The van der Waals surface area contributed by atoms with E-state index in [1.165, 1.54) is 11.0 Å². The summed E-state index contributed by atoms with van der Waals surface area (Å²) in [7, 11) is 1.56. The topological polar surface area (TPSA) is 119 Å². The number of rotatable bonds is 9. The zero-order valence-corrected chi connectivity index (χ0v) is 25.5. The predicted octanol–water partition coefficient (Wildman–Crippen LogP) is 4.02. The van der Waals surface area contributed by atoms with Gasteiger partial charge in [0.05, 0.1) is 23.8 Å². The number of primary amides is 1. The fourth-order valence-electron chi connectivity index (χ4n) is 6.87. The lowest BCUT2D eigenvalue weighted by Gasteiger charge is -2.41. The number of carbonyl (C=O) groups is 2. The molecule has 1 atom stereocenters. The maximum Gasteiger partial charge on any atom is 0.257 e. The van der Waals surface area contributed by atoms with Crippen molar-refractivity contribution >= 4 is 23.4 Å². The number of tetrazole rings is 1. The lowest BCUT2D eigenvalue weighted by atomic mass is 9.71. The van der Waals surface area contributed by atoms with Gasteiger partial charge < -0.3 is 20.3 Å². The number of hydrogen-bond acceptors (Lipinski definition) is 7. The molecule has 0 bridgehead atoms. The Morgan fingerprint density at radius 2 is 1.73 bits per heavy atom. The standard InChI is InChI=1S/C33H36ClN7O3/c1-44-29-11-10-27(41-23-36-37-38-41)21-28(29)30(42)40-19-13-32(22-40,25-8-5-9-26(34)20-25)12-16-39-17-14-33(15-18-39,31(35)43)24-6-3-2-4-7-24/h2-11,20-21,23H,12-19,22H2,1H3,(H2,35,43). The smallest absolute Gasteiger partial charge is 0.257 e. The molecule has 2 N–H and O–H groups in total. The summed E-state index contributed by atoms with van der Waals surface area (Å²) in [6.45, 7) is 3.52. The largest absolute Gasteiger partial charge is 0.496 e. The molecule has 6 rings (SSSR count). The predicted molar refractivity (Wildman–Crippen MR) is 167 cm³/mol. The third-order valence-corrected chi connectivity index (χ3v) is 9.75. The van der Waals surface area contributed by atoms with Crippen molar-refractivity contribution in [1.29, 1.82) is 0 Å². The molecule has 2 fully saturated rings. The zero-order chi connectivity index (χ0) is 30.7. The number of halogens is 1. The first kappa shape index (κ1) is 29.8. The van der Waals surface area contributed by atoms with Crippen molar-refractivity contribution in [2.45, 2.75) is 36.5 Å². The van der Waals surface area contributed by atoms with E-state index in [1.807, 2.05) is 59.5 Å². The number of piperidine rings is 1. The Bertz CT molecular complexity index is 1620. The average molecular weight is 614 g/mol. The summed E-state index contributed by atoms with van der Waals surface area (Å²) < 4.78 is 7.09. The molecule has 11 heteroatoms. The van der Waals surface area contributed by atoms with Crippen molar-refractivity contribution in [2.24, 2.45) is 5.73 Å². The van der Waals surface area contributed by atoms with E-state index in [0.717, 1.165) is 43.6 Å². The van der Waals surface area contributed by atoms with Crippen molar-refractivity contribution in [3.63, 3.8) is 0 Å². The Hall–Kier alpha value is -4.28. The van der Waals surface area contributed by atoms with E-state index < -0.39 is 5.41 Å². The van der Waals surface area contributed by atoms with Crippen LogP contribution in [0.5, 0.6) is 5.75 Å². The summed E-state index contributed by atoms with van der Waals surface area (Å²) in [5.41, 5.74) is 8.32. The van der Waals surface area contributed by atoms with Crippen LogP contribution in [-0.2, 0) is 15.6 Å². The van der Waals surface area contributed by atoms with Gasteiger partial charge >= 0.3 is 0 Å². The summed E-state index contributed by atoms with van der Waals surface area (Å²) in [6, 6.07) is 23.2. The van der Waals surface area contributed by atoms with Crippen LogP contribution in [0.1, 0.15) is 47.2 Å². The van der Waals surface area contributed by atoms with E-state index in [-0.39, 0.29) is 17.2 Å². The Labute approximate surface area is 261 Å². The van der Waals surface area contributed by atoms with Gasteiger partial charge in [0.15, 0.2) is 0 Å². The quantitative estimate of drug-likeness (QED) is 0.303. The molecule has 44 heavy (non-hydrogen) atoms. The summed E-state index contributed by atoms with van der Waals surface area (Å²) in [5.74, 6) is 0.132. The molecule has 2 amide bonds. The highest BCUT2D eigenvalue weighted by molar-refractivity contribution is 6.30. The minimum atomic E-state index is -0.644. The number of nitrogens with two attached hydrogens (primary N) is 1. The fraction of sp³-hybridized carbons (Fsp3) is 0.364. The summed E-state index contributed by atoms with van der Waals surface area (Å²) >= 11 is 6.48. The molecule has 4 aromatic rings. The van der Waals surface area contributed by atoms with E-state index in [1.54, 1.807) is 19.2 Å². The van der Waals surface area contributed by atoms with Gasteiger partial charge in [0.25, 0.3) is 5.91 Å². The number of benzene rings is 3. The van der Waals surface area contributed by atoms with Gasteiger partial charge in [0, 0.05) is 23.5 Å². The number of hydrogen-bond donors (Lipinski definition) is 1. The summed E-state index contributed by atoms with van der Waals surface area (Å²) in [5, 5.41) is 12.1. The maximum absolute atomic E-state index is 14.0. The molecular weight excluding hydrogens is 578 g/mol. The van der Waals surface area contributed by atoms with Crippen molar-refractivity contribution in [1.82, 2.24) is 30.0 Å². The maximum atomic E-state index is 14.0. The molecule has 228 valence electrons. The third kappa shape index (κ3) is 5.67. The van der Waals surface area contributed by atoms with E-state index in [2.05, 4.69) is 26.5 Å². The normalized spacial score (nSPS) is 20.0. The van der Waals surface area contributed by atoms with Crippen LogP contribution in [0.15, 0.2) is 79.1 Å². The molecule has 2 saturated heterocycles. The minimum absolute atomic E-state index is 0.104. The lowest BCUT2D eigenvalue weighted by molar-refractivity contribution is -0.125. The van der Waals surface area contributed by atoms with Crippen molar-refractivity contribution < 1.29 is 14.3 Å². The molecule has 0 spiro atoms. The van der Waals surface area contributed by atoms with E-state index in [0.29, 0.717) is 48.0 Å². The Morgan fingerprint density at radius 1 is 0.955 bits per heavy atom. The van der Waals surface area contributed by atoms with E-state index in [9.17, 15) is 9.59 Å². The lowest BCUT2D eigenvalue weighted by Crippen LogP contribution is -2.50. The highest BCUT2D eigenvalue weighted by Gasteiger charge is 2.44. The molecule has 0 aliphatic carbocycles. The van der Waals surface area contributed by atoms with E-state index >= 15 is 0 Å².